The number of likely N-dealkylation sites (tertiary alicyclic amines) is 1. The number of nitrogens with zero attached hydrogens (tertiary/aromatic N) is 2. The van der Waals surface area contributed by atoms with Gasteiger partial charge >= 0.3 is 0 Å². The van der Waals surface area contributed by atoms with Gasteiger partial charge < -0.3 is 19.3 Å². The van der Waals surface area contributed by atoms with E-state index in [2.05, 4.69) is 30.6 Å². The molecule has 4 nitrogen and oxygen atoms in total. The van der Waals surface area contributed by atoms with Crippen LogP contribution in [0.2, 0.25) is 0 Å². The SMILES string of the molecule is CC1CCCCN1CCCCCOc1ccccc1.CCCN(CC)CCCCCOc1ccccc1. The summed E-state index contributed by atoms with van der Waals surface area (Å²) in [6.07, 6.45) is 12.9. The topological polar surface area (TPSA) is 24.9 Å². The maximum Gasteiger partial charge on any atom is 0.119 e. The van der Waals surface area contributed by atoms with Gasteiger partial charge in [-0.3, -0.25) is 0 Å². The van der Waals surface area contributed by atoms with Crippen molar-refractivity contribution >= 4 is 0 Å². The quantitative estimate of drug-likeness (QED) is 0.201. The predicted octanol–water partition coefficient (Wildman–Crippen LogP) is 8.08. The third-order valence-corrected chi connectivity index (χ3v) is 7.16. The minimum atomic E-state index is 0.800. The minimum Gasteiger partial charge on any atom is -0.494 e. The van der Waals surface area contributed by atoms with Crippen LogP contribution >= 0.6 is 0 Å². The maximum absolute atomic E-state index is 5.71. The van der Waals surface area contributed by atoms with Gasteiger partial charge in [0.15, 0.2) is 0 Å². The summed E-state index contributed by atoms with van der Waals surface area (Å²) < 4.78 is 11.4. The zero-order valence-corrected chi connectivity index (χ0v) is 24.1. The Balaban J connectivity index is 0.000000261. The lowest BCUT2D eigenvalue weighted by Gasteiger charge is -2.33. The van der Waals surface area contributed by atoms with Gasteiger partial charge in [-0.25, -0.2) is 0 Å². The molecule has 0 N–H and O–H groups in total. The van der Waals surface area contributed by atoms with E-state index in [4.69, 9.17) is 9.47 Å². The summed E-state index contributed by atoms with van der Waals surface area (Å²) >= 11 is 0. The second-order valence-corrected chi connectivity index (χ2v) is 10.3. The van der Waals surface area contributed by atoms with E-state index in [-0.39, 0.29) is 0 Å². The molecule has 208 valence electrons. The minimum absolute atomic E-state index is 0.800. The van der Waals surface area contributed by atoms with E-state index in [0.29, 0.717) is 0 Å². The maximum atomic E-state index is 5.71. The third kappa shape index (κ3) is 15.1. The van der Waals surface area contributed by atoms with Gasteiger partial charge in [0.25, 0.3) is 0 Å². The molecule has 0 amide bonds. The number of ether oxygens (including phenoxy) is 2. The average Bonchev–Trinajstić information content (AvgIpc) is 2.94. The van der Waals surface area contributed by atoms with Gasteiger partial charge in [-0.2, -0.15) is 0 Å². The first kappa shape index (κ1) is 31.2. The van der Waals surface area contributed by atoms with Gasteiger partial charge in [0.2, 0.25) is 0 Å². The van der Waals surface area contributed by atoms with E-state index in [1.807, 2.05) is 60.7 Å². The number of benzene rings is 2. The van der Waals surface area contributed by atoms with E-state index in [0.717, 1.165) is 43.6 Å². The molecule has 0 bridgehead atoms. The fourth-order valence-electron chi connectivity index (χ4n) is 4.86. The predicted molar refractivity (Wildman–Crippen MR) is 159 cm³/mol. The second-order valence-electron chi connectivity index (χ2n) is 10.3. The zero-order chi connectivity index (χ0) is 26.4. The van der Waals surface area contributed by atoms with Gasteiger partial charge in [-0.15, -0.1) is 0 Å². The molecule has 0 aliphatic carbocycles. The summed E-state index contributed by atoms with van der Waals surface area (Å²) in [5.41, 5.74) is 0. The molecular weight excluding hydrogens is 456 g/mol. The first-order valence-corrected chi connectivity index (χ1v) is 15.0. The summed E-state index contributed by atoms with van der Waals surface area (Å²) in [7, 11) is 0. The lowest BCUT2D eigenvalue weighted by atomic mass is 10.0. The Morgan fingerprint density at radius 2 is 1.32 bits per heavy atom. The van der Waals surface area contributed by atoms with Crippen molar-refractivity contribution in [3.63, 3.8) is 0 Å². The van der Waals surface area contributed by atoms with Crippen LogP contribution in [0.1, 0.15) is 85.0 Å². The number of piperidine rings is 1. The van der Waals surface area contributed by atoms with Crippen molar-refractivity contribution in [1.82, 2.24) is 9.80 Å². The number of hydrogen-bond donors (Lipinski definition) is 0. The summed E-state index contributed by atoms with van der Waals surface area (Å²) in [4.78, 5) is 5.18. The molecule has 2 aromatic rings. The molecule has 0 aromatic heterocycles. The van der Waals surface area contributed by atoms with Crippen LogP contribution in [0, 0.1) is 0 Å². The highest BCUT2D eigenvalue weighted by molar-refractivity contribution is 5.21. The Bertz CT molecular complexity index is 755. The zero-order valence-electron chi connectivity index (χ0n) is 24.1. The molecule has 0 radical (unpaired) electrons. The van der Waals surface area contributed by atoms with Crippen LogP contribution in [0.25, 0.3) is 0 Å². The normalized spacial score (nSPS) is 15.7. The van der Waals surface area contributed by atoms with Crippen LogP contribution in [0.4, 0.5) is 0 Å². The Kier molecular flexibility index (Phi) is 17.7. The van der Waals surface area contributed by atoms with E-state index in [1.54, 1.807) is 0 Å². The van der Waals surface area contributed by atoms with Crippen molar-refractivity contribution in [2.75, 3.05) is 45.9 Å². The van der Waals surface area contributed by atoms with Crippen LogP contribution in [0.15, 0.2) is 60.7 Å². The van der Waals surface area contributed by atoms with Gasteiger partial charge in [0.05, 0.1) is 13.2 Å². The van der Waals surface area contributed by atoms with E-state index < -0.39 is 0 Å². The Hall–Kier alpha value is -2.04. The Labute approximate surface area is 228 Å². The van der Waals surface area contributed by atoms with Gasteiger partial charge in [0, 0.05) is 6.04 Å². The first-order valence-electron chi connectivity index (χ1n) is 15.0. The highest BCUT2D eigenvalue weighted by atomic mass is 16.5. The molecule has 37 heavy (non-hydrogen) atoms. The molecule has 1 aliphatic heterocycles. The fourth-order valence-corrected chi connectivity index (χ4v) is 4.86. The number of para-hydroxylation sites is 2. The van der Waals surface area contributed by atoms with E-state index in [9.17, 15) is 0 Å². The van der Waals surface area contributed by atoms with E-state index >= 15 is 0 Å². The number of hydrogen-bond acceptors (Lipinski definition) is 4. The first-order chi connectivity index (χ1) is 18.2. The molecule has 1 saturated heterocycles. The molecule has 0 spiro atoms. The molecule has 1 unspecified atom stereocenters. The standard InChI is InChI=1S/C17H27NO.C16H27NO/c1-16-10-6-8-14-18(16)13-7-3-9-15-19-17-11-4-2-5-12-17;1-3-13-17(4-2)14-9-6-10-15-18-16-11-7-5-8-12-16/h2,4-5,11-12,16H,3,6-10,13-15H2,1H3;5,7-8,11-12H,3-4,6,9-10,13-15H2,1-2H3. The molecule has 2 aromatic carbocycles. The van der Waals surface area contributed by atoms with Crippen LogP contribution < -0.4 is 9.47 Å². The molecule has 1 aliphatic rings. The molecule has 0 saturated carbocycles. The summed E-state index contributed by atoms with van der Waals surface area (Å²) in [6.45, 7) is 14.8. The third-order valence-electron chi connectivity index (χ3n) is 7.16. The molecule has 3 rings (SSSR count). The van der Waals surface area contributed by atoms with Crippen molar-refractivity contribution in [3.05, 3.63) is 60.7 Å². The van der Waals surface area contributed by atoms with Gasteiger partial charge in [0.1, 0.15) is 11.5 Å². The van der Waals surface area contributed by atoms with Crippen molar-refractivity contribution in [2.45, 2.75) is 91.0 Å². The van der Waals surface area contributed by atoms with E-state index in [1.165, 1.54) is 84.1 Å². The van der Waals surface area contributed by atoms with Crippen LogP contribution in [0.5, 0.6) is 11.5 Å². The largest absolute Gasteiger partial charge is 0.494 e. The van der Waals surface area contributed by atoms with Crippen LogP contribution in [0.3, 0.4) is 0 Å². The molecule has 1 atom stereocenters. The number of rotatable bonds is 17. The number of unbranched alkanes of at least 4 members (excludes halogenated alkanes) is 4. The molecular formula is C33H54N2O2. The Morgan fingerprint density at radius 3 is 1.86 bits per heavy atom. The lowest BCUT2D eigenvalue weighted by molar-refractivity contribution is 0.156. The van der Waals surface area contributed by atoms with Crippen molar-refractivity contribution in [1.29, 1.82) is 0 Å². The van der Waals surface area contributed by atoms with Crippen LogP contribution in [-0.2, 0) is 0 Å². The monoisotopic (exact) mass is 510 g/mol. The van der Waals surface area contributed by atoms with Crippen molar-refractivity contribution in [2.24, 2.45) is 0 Å². The van der Waals surface area contributed by atoms with Crippen molar-refractivity contribution in [3.8, 4) is 11.5 Å². The fraction of sp³-hybridized carbons (Fsp3) is 0.636. The molecule has 4 heteroatoms. The van der Waals surface area contributed by atoms with Crippen molar-refractivity contribution < 1.29 is 9.47 Å². The smallest absolute Gasteiger partial charge is 0.119 e. The highest BCUT2D eigenvalue weighted by Gasteiger charge is 2.16. The average molecular weight is 511 g/mol. The molecule has 1 fully saturated rings. The summed E-state index contributed by atoms with van der Waals surface area (Å²) in [5, 5.41) is 0. The van der Waals surface area contributed by atoms with Gasteiger partial charge in [-0.05, 0) is 122 Å². The summed E-state index contributed by atoms with van der Waals surface area (Å²) in [6, 6.07) is 21.0. The molecule has 1 heterocycles. The second kappa shape index (κ2) is 21.0. The Morgan fingerprint density at radius 1 is 0.730 bits per heavy atom. The van der Waals surface area contributed by atoms with Crippen LogP contribution in [-0.4, -0.2) is 61.8 Å². The summed E-state index contributed by atoms with van der Waals surface area (Å²) in [5.74, 6) is 1.98. The highest BCUT2D eigenvalue weighted by Crippen LogP contribution is 2.17. The lowest BCUT2D eigenvalue weighted by Crippen LogP contribution is -2.37. The van der Waals surface area contributed by atoms with Gasteiger partial charge in [-0.1, -0.05) is 56.7 Å².